The topological polar surface area (TPSA) is 26.3 Å². The number of carbonyl (C=O) groups excluding carboxylic acids is 1. The van der Waals surface area contributed by atoms with Gasteiger partial charge in [-0.3, -0.25) is 0 Å². The van der Waals surface area contributed by atoms with Crippen LogP contribution in [-0.4, -0.2) is 18.8 Å². The molecule has 4 heteroatoms. The average molecular weight is 216 g/mol. The summed E-state index contributed by atoms with van der Waals surface area (Å²) in [5, 5.41) is 1.83. The summed E-state index contributed by atoms with van der Waals surface area (Å²) in [5.74, 6) is 0.624. The lowest BCUT2D eigenvalue weighted by Crippen LogP contribution is -1.98. The van der Waals surface area contributed by atoms with Gasteiger partial charge in [0.15, 0.2) is 0 Å². The van der Waals surface area contributed by atoms with Gasteiger partial charge in [-0.15, -0.1) is 11.3 Å². The molecule has 0 aliphatic rings. The molecule has 0 saturated carbocycles. The number of esters is 1. The second-order valence-electron chi connectivity index (χ2n) is 2.62. The monoisotopic (exact) mass is 216 g/mol. The smallest absolute Gasteiger partial charge is 0.338 e. The fourth-order valence-corrected chi connectivity index (χ4v) is 2.05. The Hall–Kier alpha value is -0.480. The van der Waals surface area contributed by atoms with E-state index < -0.39 is 0 Å². The Kier molecular flexibility index (Phi) is 4.32. The Morgan fingerprint density at radius 3 is 3.08 bits per heavy atom. The van der Waals surface area contributed by atoms with Gasteiger partial charge < -0.3 is 4.74 Å². The number of ether oxygens (including phenoxy) is 1. The summed E-state index contributed by atoms with van der Waals surface area (Å²) >= 11 is 5.73. The maximum atomic E-state index is 11.1. The molecule has 0 fully saturated rings. The lowest BCUT2D eigenvalue weighted by molar-refractivity contribution is 0.0601. The highest BCUT2D eigenvalue weighted by molar-refractivity contribution is 7.80. The van der Waals surface area contributed by atoms with E-state index in [9.17, 15) is 4.79 Å². The summed E-state index contributed by atoms with van der Waals surface area (Å²) in [4.78, 5) is 12.3. The zero-order valence-electron chi connectivity index (χ0n) is 7.45. The molecule has 0 aliphatic heterocycles. The number of hydrogen-bond donors (Lipinski definition) is 1. The minimum absolute atomic E-state index is 0.256. The first-order valence-electron chi connectivity index (χ1n) is 4.04. The first-order chi connectivity index (χ1) is 6.27. The molecule has 0 unspecified atom stereocenters. The van der Waals surface area contributed by atoms with Gasteiger partial charge in [0.1, 0.15) is 0 Å². The molecule has 72 valence electrons. The third kappa shape index (κ3) is 3.04. The maximum absolute atomic E-state index is 11.1. The third-order valence-electron chi connectivity index (χ3n) is 1.66. The Balaban J connectivity index is 2.58. The van der Waals surface area contributed by atoms with Crippen LogP contribution < -0.4 is 0 Å². The number of methoxy groups -OCH3 is 1. The van der Waals surface area contributed by atoms with Gasteiger partial charge in [0.2, 0.25) is 0 Å². The van der Waals surface area contributed by atoms with Crippen LogP contribution in [0.1, 0.15) is 21.7 Å². The molecule has 0 radical (unpaired) electrons. The number of rotatable bonds is 4. The van der Waals surface area contributed by atoms with Crippen LogP contribution in [0.2, 0.25) is 0 Å². The van der Waals surface area contributed by atoms with E-state index >= 15 is 0 Å². The zero-order valence-corrected chi connectivity index (χ0v) is 9.16. The fourth-order valence-electron chi connectivity index (χ4n) is 0.990. The van der Waals surface area contributed by atoms with Crippen molar-refractivity contribution in [2.45, 2.75) is 12.8 Å². The minimum Gasteiger partial charge on any atom is -0.465 e. The van der Waals surface area contributed by atoms with E-state index in [2.05, 4.69) is 17.4 Å². The van der Waals surface area contributed by atoms with Crippen LogP contribution in [-0.2, 0) is 11.2 Å². The van der Waals surface area contributed by atoms with Crippen LogP contribution in [0.15, 0.2) is 11.4 Å². The van der Waals surface area contributed by atoms with Gasteiger partial charge >= 0.3 is 5.97 Å². The molecule has 0 saturated heterocycles. The maximum Gasteiger partial charge on any atom is 0.338 e. The molecule has 0 spiro atoms. The Labute approximate surface area is 87.3 Å². The summed E-state index contributed by atoms with van der Waals surface area (Å²) in [7, 11) is 1.40. The molecule has 0 bridgehead atoms. The van der Waals surface area contributed by atoms with Crippen LogP contribution >= 0.6 is 24.0 Å². The number of carbonyl (C=O) groups is 1. The fraction of sp³-hybridized carbons (Fsp3) is 0.444. The van der Waals surface area contributed by atoms with Gasteiger partial charge in [0.05, 0.1) is 12.7 Å². The van der Waals surface area contributed by atoms with Crippen LogP contribution in [0.25, 0.3) is 0 Å². The lowest BCUT2D eigenvalue weighted by atomic mass is 10.2. The quantitative estimate of drug-likeness (QED) is 0.618. The van der Waals surface area contributed by atoms with Gasteiger partial charge in [0.25, 0.3) is 0 Å². The Morgan fingerprint density at radius 1 is 1.69 bits per heavy atom. The number of hydrogen-bond acceptors (Lipinski definition) is 4. The molecule has 0 aliphatic carbocycles. The molecule has 1 rings (SSSR count). The second-order valence-corrected chi connectivity index (χ2v) is 4.06. The van der Waals surface area contributed by atoms with Crippen molar-refractivity contribution in [2.24, 2.45) is 0 Å². The van der Waals surface area contributed by atoms with Gasteiger partial charge in [0, 0.05) is 10.3 Å². The van der Waals surface area contributed by atoms with Crippen molar-refractivity contribution < 1.29 is 9.53 Å². The van der Waals surface area contributed by atoms with Crippen LogP contribution in [0.3, 0.4) is 0 Å². The molecule has 1 heterocycles. The van der Waals surface area contributed by atoms with Gasteiger partial charge in [-0.25, -0.2) is 4.79 Å². The Bertz CT molecular complexity index is 281. The van der Waals surface area contributed by atoms with Crippen molar-refractivity contribution in [3.8, 4) is 0 Å². The molecule has 1 aromatic heterocycles. The highest BCUT2D eigenvalue weighted by Crippen LogP contribution is 2.17. The molecular formula is C9H12O2S2. The summed E-state index contributed by atoms with van der Waals surface area (Å²) in [6.07, 6.45) is 2.04. The molecule has 1 aromatic rings. The van der Waals surface area contributed by atoms with Gasteiger partial charge in [-0.2, -0.15) is 12.6 Å². The predicted octanol–water partition coefficient (Wildman–Crippen LogP) is 2.40. The van der Waals surface area contributed by atoms with Crippen molar-refractivity contribution in [2.75, 3.05) is 12.9 Å². The van der Waals surface area contributed by atoms with E-state index in [4.69, 9.17) is 0 Å². The first-order valence-corrected chi connectivity index (χ1v) is 5.55. The average Bonchev–Trinajstić information content (AvgIpc) is 2.62. The summed E-state index contributed by atoms with van der Waals surface area (Å²) in [6, 6.07) is 1.89. The molecule has 0 amide bonds. The SMILES string of the molecule is COC(=O)c1csc(CCCS)c1. The number of aryl methyl sites for hydroxylation is 1. The highest BCUT2D eigenvalue weighted by Gasteiger charge is 2.07. The van der Waals surface area contributed by atoms with E-state index in [1.165, 1.54) is 12.0 Å². The normalized spacial score (nSPS) is 10.0. The van der Waals surface area contributed by atoms with Gasteiger partial charge in [-0.05, 0) is 24.7 Å². The molecule has 13 heavy (non-hydrogen) atoms. The molecule has 0 atom stereocenters. The summed E-state index contributed by atoms with van der Waals surface area (Å²) < 4.78 is 4.61. The summed E-state index contributed by atoms with van der Waals surface area (Å²) in [5.41, 5.74) is 0.654. The molecule has 0 N–H and O–H groups in total. The van der Waals surface area contributed by atoms with Crippen molar-refractivity contribution in [3.05, 3.63) is 21.9 Å². The van der Waals surface area contributed by atoms with E-state index in [0.717, 1.165) is 18.6 Å². The van der Waals surface area contributed by atoms with Crippen LogP contribution in [0.5, 0.6) is 0 Å². The van der Waals surface area contributed by atoms with Gasteiger partial charge in [-0.1, -0.05) is 0 Å². The molecule has 0 aromatic carbocycles. The zero-order chi connectivity index (χ0) is 9.68. The van der Waals surface area contributed by atoms with Crippen LogP contribution in [0.4, 0.5) is 0 Å². The van der Waals surface area contributed by atoms with E-state index in [0.29, 0.717) is 5.56 Å². The van der Waals surface area contributed by atoms with Crippen molar-refractivity contribution >= 4 is 29.9 Å². The molecule has 2 nitrogen and oxygen atoms in total. The lowest BCUT2D eigenvalue weighted by Gasteiger charge is -1.93. The third-order valence-corrected chi connectivity index (χ3v) is 2.97. The number of thiophene rings is 1. The van der Waals surface area contributed by atoms with E-state index in [1.54, 1.807) is 11.3 Å². The largest absolute Gasteiger partial charge is 0.465 e. The standard InChI is InChI=1S/C9H12O2S2/c1-11-9(10)7-5-8(13-6-7)3-2-4-12/h5-6,12H,2-4H2,1H3. The second kappa shape index (κ2) is 5.29. The number of thiol groups is 1. The van der Waals surface area contributed by atoms with Crippen molar-refractivity contribution in [3.63, 3.8) is 0 Å². The summed E-state index contributed by atoms with van der Waals surface area (Å²) in [6.45, 7) is 0. The minimum atomic E-state index is -0.256. The predicted molar refractivity (Wildman–Crippen MR) is 57.8 cm³/mol. The highest BCUT2D eigenvalue weighted by atomic mass is 32.1. The van der Waals surface area contributed by atoms with E-state index in [1.807, 2.05) is 11.4 Å². The van der Waals surface area contributed by atoms with Crippen molar-refractivity contribution in [1.29, 1.82) is 0 Å². The molecular weight excluding hydrogens is 204 g/mol. The Morgan fingerprint density at radius 2 is 2.46 bits per heavy atom. The van der Waals surface area contributed by atoms with Crippen LogP contribution in [0, 0.1) is 0 Å². The first kappa shape index (κ1) is 10.6. The van der Waals surface area contributed by atoms with E-state index in [-0.39, 0.29) is 5.97 Å². The van der Waals surface area contributed by atoms with Crippen molar-refractivity contribution in [1.82, 2.24) is 0 Å².